The molecule has 0 bridgehead atoms. The second kappa shape index (κ2) is 9.53. The average molecular weight is 429 g/mol. The van der Waals surface area contributed by atoms with E-state index in [1.807, 2.05) is 23.7 Å². The molecule has 30 heavy (non-hydrogen) atoms. The zero-order valence-electron chi connectivity index (χ0n) is 17.5. The fourth-order valence-corrected chi connectivity index (χ4v) is 3.70. The predicted molar refractivity (Wildman–Crippen MR) is 114 cm³/mol. The first-order valence-corrected chi connectivity index (χ1v) is 10.0. The van der Waals surface area contributed by atoms with Gasteiger partial charge in [-0.2, -0.15) is 0 Å². The van der Waals surface area contributed by atoms with E-state index in [0.717, 1.165) is 5.56 Å². The number of aromatic nitrogens is 3. The van der Waals surface area contributed by atoms with Crippen LogP contribution in [0.4, 0.5) is 0 Å². The van der Waals surface area contributed by atoms with Crippen molar-refractivity contribution in [3.05, 3.63) is 42.0 Å². The average Bonchev–Trinajstić information content (AvgIpc) is 3.16. The molecule has 0 N–H and O–H groups in total. The van der Waals surface area contributed by atoms with Gasteiger partial charge in [-0.05, 0) is 36.4 Å². The monoisotopic (exact) mass is 429 g/mol. The van der Waals surface area contributed by atoms with Gasteiger partial charge in [0.25, 0.3) is 0 Å². The third kappa shape index (κ3) is 4.35. The Morgan fingerprint density at radius 3 is 2.10 bits per heavy atom. The summed E-state index contributed by atoms with van der Waals surface area (Å²) < 4.78 is 23.1. The summed E-state index contributed by atoms with van der Waals surface area (Å²) in [4.78, 5) is 12.5. The Labute approximate surface area is 179 Å². The lowest BCUT2D eigenvalue weighted by molar-refractivity contribution is 0.102. The van der Waals surface area contributed by atoms with Crippen molar-refractivity contribution in [2.24, 2.45) is 7.05 Å². The number of thioether (sulfide) groups is 1. The number of methoxy groups -OCH3 is 4. The molecule has 0 fully saturated rings. The lowest BCUT2D eigenvalue weighted by Crippen LogP contribution is -2.04. The van der Waals surface area contributed by atoms with Crippen molar-refractivity contribution >= 4 is 17.5 Å². The first-order valence-electron chi connectivity index (χ1n) is 9.02. The Hall–Kier alpha value is -3.20. The highest BCUT2D eigenvalue weighted by atomic mass is 32.2. The number of benzene rings is 2. The largest absolute Gasteiger partial charge is 0.497 e. The van der Waals surface area contributed by atoms with Crippen LogP contribution in [0, 0.1) is 0 Å². The minimum absolute atomic E-state index is 0.0000102. The third-order valence-electron chi connectivity index (χ3n) is 4.50. The summed E-state index contributed by atoms with van der Waals surface area (Å²) in [7, 11) is 8.11. The molecule has 1 aromatic heterocycles. The van der Waals surface area contributed by atoms with Crippen molar-refractivity contribution < 1.29 is 23.7 Å². The molecule has 3 rings (SSSR count). The fraction of sp³-hybridized carbons (Fsp3) is 0.286. The minimum atomic E-state index is -0.0000102. The summed E-state index contributed by atoms with van der Waals surface area (Å²) in [5.41, 5.74) is 1.38. The van der Waals surface area contributed by atoms with Crippen LogP contribution in [0.25, 0.3) is 11.4 Å². The molecule has 0 spiro atoms. The van der Waals surface area contributed by atoms with Crippen molar-refractivity contribution in [3.63, 3.8) is 0 Å². The lowest BCUT2D eigenvalue weighted by atomic mass is 10.1. The Morgan fingerprint density at radius 2 is 1.57 bits per heavy atom. The van der Waals surface area contributed by atoms with Gasteiger partial charge >= 0.3 is 0 Å². The third-order valence-corrected chi connectivity index (χ3v) is 5.52. The van der Waals surface area contributed by atoms with Gasteiger partial charge < -0.3 is 23.5 Å². The van der Waals surface area contributed by atoms with E-state index in [1.54, 1.807) is 52.7 Å². The molecule has 0 unspecified atom stereocenters. The number of nitrogens with zero attached hydrogens (tertiary/aromatic N) is 3. The van der Waals surface area contributed by atoms with Crippen LogP contribution < -0.4 is 18.9 Å². The van der Waals surface area contributed by atoms with E-state index in [-0.39, 0.29) is 11.5 Å². The van der Waals surface area contributed by atoms with E-state index in [0.29, 0.717) is 39.5 Å². The molecule has 8 nitrogen and oxygen atoms in total. The van der Waals surface area contributed by atoms with E-state index >= 15 is 0 Å². The molecule has 0 saturated carbocycles. The van der Waals surface area contributed by atoms with Crippen molar-refractivity contribution in [2.45, 2.75) is 5.16 Å². The molecular formula is C21H23N3O5S. The quantitative estimate of drug-likeness (QED) is 0.378. The molecule has 0 saturated heterocycles. The molecule has 9 heteroatoms. The maximum atomic E-state index is 12.5. The highest BCUT2D eigenvalue weighted by Gasteiger charge is 2.19. The van der Waals surface area contributed by atoms with Crippen LogP contribution >= 0.6 is 11.8 Å². The van der Waals surface area contributed by atoms with E-state index in [1.165, 1.54) is 11.8 Å². The van der Waals surface area contributed by atoms with E-state index in [2.05, 4.69) is 10.2 Å². The van der Waals surface area contributed by atoms with Gasteiger partial charge in [-0.3, -0.25) is 4.79 Å². The zero-order chi connectivity index (χ0) is 21.7. The smallest absolute Gasteiger partial charge is 0.203 e. The molecule has 0 radical (unpaired) electrons. The molecule has 0 aliphatic heterocycles. The van der Waals surface area contributed by atoms with Gasteiger partial charge in [0.1, 0.15) is 5.75 Å². The van der Waals surface area contributed by atoms with E-state index < -0.39 is 0 Å². The summed E-state index contributed by atoms with van der Waals surface area (Å²) in [6.07, 6.45) is 0. The molecule has 158 valence electrons. The second-order valence-corrected chi connectivity index (χ2v) is 7.16. The van der Waals surface area contributed by atoms with Crippen molar-refractivity contribution in [2.75, 3.05) is 34.2 Å². The topological polar surface area (TPSA) is 84.7 Å². The normalized spacial score (nSPS) is 10.6. The Bertz CT molecular complexity index is 1010. The number of rotatable bonds is 9. The van der Waals surface area contributed by atoms with Gasteiger partial charge in [0, 0.05) is 18.2 Å². The Morgan fingerprint density at radius 1 is 0.933 bits per heavy atom. The van der Waals surface area contributed by atoms with Crippen LogP contribution in [0.2, 0.25) is 0 Å². The number of carbonyl (C=O) groups is 1. The number of hydrogen-bond donors (Lipinski definition) is 0. The van der Waals surface area contributed by atoms with E-state index in [4.69, 9.17) is 18.9 Å². The second-order valence-electron chi connectivity index (χ2n) is 6.22. The SMILES string of the molecule is COc1ccc(C(=O)CSc2nnc(-c3cc(OC)c(OC)c(OC)c3)n2C)cc1. The summed E-state index contributed by atoms with van der Waals surface area (Å²) in [5, 5.41) is 9.13. The first kappa shape index (κ1) is 21.5. The molecule has 0 atom stereocenters. The maximum absolute atomic E-state index is 12.5. The van der Waals surface area contributed by atoms with Gasteiger partial charge in [-0.25, -0.2) is 0 Å². The fourth-order valence-electron chi connectivity index (χ4n) is 2.89. The van der Waals surface area contributed by atoms with Crippen molar-refractivity contribution in [1.82, 2.24) is 14.8 Å². The molecule has 0 aliphatic carbocycles. The molecule has 3 aromatic rings. The minimum Gasteiger partial charge on any atom is -0.497 e. The van der Waals surface area contributed by atoms with Crippen LogP contribution in [-0.2, 0) is 7.05 Å². The zero-order valence-corrected chi connectivity index (χ0v) is 18.3. The van der Waals surface area contributed by atoms with Crippen LogP contribution in [0.1, 0.15) is 10.4 Å². The Kier molecular flexibility index (Phi) is 6.83. The van der Waals surface area contributed by atoms with Crippen LogP contribution in [0.5, 0.6) is 23.0 Å². The number of ether oxygens (including phenoxy) is 4. The summed E-state index contributed by atoms with van der Waals surface area (Å²) in [6.45, 7) is 0. The van der Waals surface area contributed by atoms with Gasteiger partial charge in [0.15, 0.2) is 28.3 Å². The number of Topliss-reactive ketones (excluding diaryl/α,β-unsaturated/α-hetero) is 1. The maximum Gasteiger partial charge on any atom is 0.203 e. The summed E-state index contributed by atoms with van der Waals surface area (Å²) in [5.74, 6) is 3.13. The summed E-state index contributed by atoms with van der Waals surface area (Å²) in [6, 6.07) is 10.6. The number of carbonyl (C=O) groups excluding carboxylic acids is 1. The number of hydrogen-bond acceptors (Lipinski definition) is 8. The molecule has 1 heterocycles. The van der Waals surface area contributed by atoms with Crippen LogP contribution in [0.15, 0.2) is 41.6 Å². The highest BCUT2D eigenvalue weighted by Crippen LogP contribution is 2.41. The highest BCUT2D eigenvalue weighted by molar-refractivity contribution is 7.99. The first-order chi connectivity index (χ1) is 14.5. The van der Waals surface area contributed by atoms with E-state index in [9.17, 15) is 4.79 Å². The summed E-state index contributed by atoms with van der Waals surface area (Å²) >= 11 is 1.32. The molecular weight excluding hydrogens is 406 g/mol. The van der Waals surface area contributed by atoms with Crippen LogP contribution in [0.3, 0.4) is 0 Å². The van der Waals surface area contributed by atoms with Gasteiger partial charge in [-0.15, -0.1) is 10.2 Å². The number of ketones is 1. The molecule has 2 aromatic carbocycles. The lowest BCUT2D eigenvalue weighted by Gasteiger charge is -2.14. The van der Waals surface area contributed by atoms with Gasteiger partial charge in [0.2, 0.25) is 5.75 Å². The molecule has 0 amide bonds. The molecule has 0 aliphatic rings. The van der Waals surface area contributed by atoms with Gasteiger partial charge in [0.05, 0.1) is 34.2 Å². The Balaban J connectivity index is 1.80. The predicted octanol–water partition coefficient (Wildman–Crippen LogP) is 3.49. The van der Waals surface area contributed by atoms with Gasteiger partial charge in [-0.1, -0.05) is 11.8 Å². The van der Waals surface area contributed by atoms with Crippen molar-refractivity contribution in [1.29, 1.82) is 0 Å². The van der Waals surface area contributed by atoms with Crippen molar-refractivity contribution in [3.8, 4) is 34.4 Å². The van der Waals surface area contributed by atoms with Crippen LogP contribution in [-0.4, -0.2) is 54.7 Å². The standard InChI is InChI=1S/C21H23N3O5S/c1-24-20(14-10-17(27-3)19(29-5)18(11-14)28-4)22-23-21(24)30-12-16(25)13-6-8-15(26-2)9-7-13/h6-11H,12H2,1-5H3.